The first kappa shape index (κ1) is 20.2. The molecule has 3 aromatic rings. The molecule has 0 saturated carbocycles. The highest BCUT2D eigenvalue weighted by Crippen LogP contribution is 2.48. The summed E-state index contributed by atoms with van der Waals surface area (Å²) in [6.07, 6.45) is 0.421. The molecule has 1 aromatic carbocycles. The van der Waals surface area contributed by atoms with Gasteiger partial charge in [0.15, 0.2) is 16.6 Å². The number of furan rings is 1. The average molecular weight is 463 g/mol. The minimum Gasteiger partial charge on any atom is -0.458 e. The molecule has 9 heteroatoms. The van der Waals surface area contributed by atoms with Gasteiger partial charge in [-0.2, -0.15) is 0 Å². The van der Waals surface area contributed by atoms with Crippen molar-refractivity contribution in [2.24, 2.45) is 11.3 Å². The first-order valence-corrected chi connectivity index (χ1v) is 11.7. The first-order valence-electron chi connectivity index (χ1n) is 10.9. The molecule has 2 aliphatic heterocycles. The Balaban J connectivity index is 1.46. The molecule has 8 nitrogen and oxygen atoms in total. The molecule has 1 saturated heterocycles. The van der Waals surface area contributed by atoms with E-state index >= 15 is 0 Å². The van der Waals surface area contributed by atoms with Gasteiger partial charge in [0.25, 0.3) is 0 Å². The largest absolute Gasteiger partial charge is 0.458 e. The molecule has 0 radical (unpaired) electrons. The highest BCUT2D eigenvalue weighted by Gasteiger charge is 2.52. The molecule has 2 aromatic heterocycles. The van der Waals surface area contributed by atoms with E-state index in [0.29, 0.717) is 29.9 Å². The topological polar surface area (TPSA) is 113 Å². The number of Topliss-reactive ketones (excluding diaryl/α,β-unsaturated/α-hetero) is 1. The van der Waals surface area contributed by atoms with Gasteiger partial charge in [-0.05, 0) is 36.1 Å². The number of urea groups is 1. The zero-order chi connectivity index (χ0) is 22.9. The van der Waals surface area contributed by atoms with E-state index in [1.54, 1.807) is 0 Å². The standard InChI is InChI=1S/C24H22N4O4S/c1-24(2)9-12-17(13(29)10-24)18(19-20(25-12)27-23(31)28-21(19)30)14-7-8-15(32-14)22-26-11-5-3-4-6-16(11)33-22/h3-8,18-20,25H,9-10H2,1-2H3,(H2,27,28,30,31). The Bertz CT molecular complexity index is 1330. The Kier molecular flexibility index (Phi) is 4.29. The maximum atomic E-state index is 13.3. The Morgan fingerprint density at radius 2 is 1.88 bits per heavy atom. The number of nitrogens with zero attached hydrogens (tertiary/aromatic N) is 1. The summed E-state index contributed by atoms with van der Waals surface area (Å²) in [6.45, 7) is 4.09. The zero-order valence-electron chi connectivity index (χ0n) is 18.1. The number of aromatic nitrogens is 1. The lowest BCUT2D eigenvalue weighted by atomic mass is 9.67. The minimum atomic E-state index is -0.707. The maximum absolute atomic E-state index is 13.3. The van der Waals surface area contributed by atoms with Crippen LogP contribution in [0.25, 0.3) is 21.0 Å². The van der Waals surface area contributed by atoms with E-state index in [0.717, 1.165) is 20.9 Å². The molecular formula is C24H22N4O4S. The van der Waals surface area contributed by atoms with Gasteiger partial charge in [-0.3, -0.25) is 14.9 Å². The average Bonchev–Trinajstić information content (AvgIpc) is 3.38. The third-order valence-electron chi connectivity index (χ3n) is 6.54. The van der Waals surface area contributed by atoms with Crippen LogP contribution in [0, 0.1) is 11.3 Å². The molecule has 3 amide bonds. The van der Waals surface area contributed by atoms with Gasteiger partial charge in [-0.1, -0.05) is 26.0 Å². The van der Waals surface area contributed by atoms with Crippen molar-refractivity contribution in [2.75, 3.05) is 0 Å². The molecule has 3 aliphatic rings. The van der Waals surface area contributed by atoms with Gasteiger partial charge in [0.1, 0.15) is 11.9 Å². The summed E-state index contributed by atoms with van der Waals surface area (Å²) in [4.78, 5) is 42.9. The molecule has 33 heavy (non-hydrogen) atoms. The third kappa shape index (κ3) is 3.26. The predicted molar refractivity (Wildman–Crippen MR) is 122 cm³/mol. The number of para-hydroxylation sites is 1. The number of hydrogen-bond acceptors (Lipinski definition) is 7. The molecule has 4 heterocycles. The molecule has 0 bridgehead atoms. The van der Waals surface area contributed by atoms with Crippen LogP contribution in [0.15, 0.2) is 52.1 Å². The number of benzene rings is 1. The number of hydrogen-bond donors (Lipinski definition) is 3. The number of ketones is 1. The second kappa shape index (κ2) is 7.02. The molecule has 3 atom stereocenters. The summed E-state index contributed by atoms with van der Waals surface area (Å²) in [5, 5.41) is 9.16. The van der Waals surface area contributed by atoms with E-state index in [9.17, 15) is 14.4 Å². The van der Waals surface area contributed by atoms with Crippen molar-refractivity contribution < 1.29 is 18.8 Å². The van der Waals surface area contributed by atoms with Crippen LogP contribution in [0.5, 0.6) is 0 Å². The van der Waals surface area contributed by atoms with Crippen LogP contribution in [-0.2, 0) is 9.59 Å². The summed E-state index contributed by atoms with van der Waals surface area (Å²) in [7, 11) is 0. The van der Waals surface area contributed by atoms with Gasteiger partial charge >= 0.3 is 6.03 Å². The molecule has 1 fully saturated rings. The van der Waals surface area contributed by atoms with Crippen molar-refractivity contribution in [3.05, 3.63) is 53.4 Å². The summed E-state index contributed by atoms with van der Waals surface area (Å²) in [6, 6.07) is 11.0. The number of thiazole rings is 1. The van der Waals surface area contributed by atoms with Crippen LogP contribution in [0.1, 0.15) is 38.4 Å². The molecule has 3 unspecified atom stereocenters. The van der Waals surface area contributed by atoms with E-state index in [1.807, 2.05) is 50.2 Å². The highest BCUT2D eigenvalue weighted by atomic mass is 32.1. The van der Waals surface area contributed by atoms with Crippen LogP contribution < -0.4 is 16.0 Å². The Morgan fingerprint density at radius 1 is 1.06 bits per heavy atom. The third-order valence-corrected chi connectivity index (χ3v) is 7.59. The maximum Gasteiger partial charge on any atom is 0.323 e. The normalized spacial score (nSPS) is 26.4. The fourth-order valence-electron chi connectivity index (χ4n) is 5.21. The highest BCUT2D eigenvalue weighted by molar-refractivity contribution is 7.21. The number of rotatable bonds is 2. The summed E-state index contributed by atoms with van der Waals surface area (Å²) >= 11 is 1.52. The monoisotopic (exact) mass is 462 g/mol. The lowest BCUT2D eigenvalue weighted by Crippen LogP contribution is -2.66. The van der Waals surface area contributed by atoms with Crippen LogP contribution in [0.4, 0.5) is 4.79 Å². The number of nitrogens with one attached hydrogen (secondary N) is 3. The summed E-state index contributed by atoms with van der Waals surface area (Å²) in [5.41, 5.74) is 2.03. The summed E-state index contributed by atoms with van der Waals surface area (Å²) in [5.74, 6) is -0.623. The van der Waals surface area contributed by atoms with Gasteiger partial charge < -0.3 is 15.1 Å². The predicted octanol–water partition coefficient (Wildman–Crippen LogP) is 3.67. The first-order chi connectivity index (χ1) is 15.8. The number of carbonyl (C=O) groups is 3. The molecule has 0 spiro atoms. The van der Waals surface area contributed by atoms with Crippen LogP contribution >= 0.6 is 11.3 Å². The van der Waals surface area contributed by atoms with Crippen molar-refractivity contribution in [3.8, 4) is 10.8 Å². The minimum absolute atomic E-state index is 0.000151. The molecular weight excluding hydrogens is 440 g/mol. The number of carbonyl (C=O) groups excluding carboxylic acids is 3. The van der Waals surface area contributed by atoms with Crippen LogP contribution in [0.2, 0.25) is 0 Å². The quantitative estimate of drug-likeness (QED) is 0.536. The molecule has 3 N–H and O–H groups in total. The smallest absolute Gasteiger partial charge is 0.323 e. The van der Waals surface area contributed by atoms with Crippen molar-refractivity contribution >= 4 is 39.3 Å². The Morgan fingerprint density at radius 3 is 2.70 bits per heavy atom. The number of imide groups is 1. The van der Waals surface area contributed by atoms with E-state index in [-0.39, 0.29) is 11.2 Å². The second-order valence-electron chi connectivity index (χ2n) is 9.61. The van der Waals surface area contributed by atoms with Crippen LogP contribution in [0.3, 0.4) is 0 Å². The molecule has 6 rings (SSSR count). The van der Waals surface area contributed by atoms with Gasteiger partial charge in [-0.15, -0.1) is 11.3 Å². The van der Waals surface area contributed by atoms with Crippen molar-refractivity contribution in [1.82, 2.24) is 20.9 Å². The van der Waals surface area contributed by atoms with Crippen molar-refractivity contribution in [1.29, 1.82) is 0 Å². The SMILES string of the molecule is CC1(C)CC(=O)C2=C(C1)NC1NC(=O)NC(=O)C1C2c1ccc(-c2nc3ccccc3s2)o1. The Labute approximate surface area is 193 Å². The second-order valence-corrected chi connectivity index (χ2v) is 10.6. The van der Waals surface area contributed by atoms with E-state index in [4.69, 9.17) is 4.42 Å². The fourth-order valence-corrected chi connectivity index (χ4v) is 6.13. The van der Waals surface area contributed by atoms with E-state index in [1.165, 1.54) is 11.3 Å². The number of allylic oxidation sites excluding steroid dienone is 2. The lowest BCUT2D eigenvalue weighted by molar-refractivity contribution is -0.127. The van der Waals surface area contributed by atoms with Gasteiger partial charge in [0.05, 0.1) is 22.1 Å². The Hall–Kier alpha value is -3.46. The van der Waals surface area contributed by atoms with Crippen molar-refractivity contribution in [2.45, 2.75) is 38.8 Å². The number of fused-ring (bicyclic) bond motifs is 2. The van der Waals surface area contributed by atoms with Crippen molar-refractivity contribution in [3.63, 3.8) is 0 Å². The van der Waals surface area contributed by atoms with E-state index in [2.05, 4.69) is 20.9 Å². The summed E-state index contributed by atoms with van der Waals surface area (Å²) < 4.78 is 7.31. The fraction of sp³-hybridized carbons (Fsp3) is 0.333. The number of amides is 3. The lowest BCUT2D eigenvalue weighted by Gasteiger charge is -2.46. The molecule has 168 valence electrons. The van der Waals surface area contributed by atoms with Gasteiger partial charge in [0, 0.05) is 17.7 Å². The van der Waals surface area contributed by atoms with Crippen LogP contribution in [-0.4, -0.2) is 28.9 Å². The van der Waals surface area contributed by atoms with Gasteiger partial charge in [-0.25, -0.2) is 9.78 Å². The van der Waals surface area contributed by atoms with Gasteiger partial charge in [0.2, 0.25) is 5.91 Å². The van der Waals surface area contributed by atoms with E-state index < -0.39 is 29.9 Å². The molecule has 1 aliphatic carbocycles. The zero-order valence-corrected chi connectivity index (χ0v) is 18.9.